The molecule has 3 nitrogen and oxygen atoms in total. The zero-order valence-electron chi connectivity index (χ0n) is 9.48. The van der Waals surface area contributed by atoms with Gasteiger partial charge in [-0.2, -0.15) is 0 Å². The Morgan fingerprint density at radius 2 is 2.25 bits per heavy atom. The zero-order chi connectivity index (χ0) is 11.7. The molecule has 0 spiro atoms. The summed E-state index contributed by atoms with van der Waals surface area (Å²) in [6.07, 6.45) is 0.464. The van der Waals surface area contributed by atoms with Crippen molar-refractivity contribution in [2.75, 3.05) is 18.6 Å². The van der Waals surface area contributed by atoms with Crippen molar-refractivity contribution < 1.29 is 14.2 Å². The van der Waals surface area contributed by atoms with Crippen LogP contribution in [0, 0.1) is 5.82 Å². The molecule has 0 bridgehead atoms. The zero-order valence-corrected chi connectivity index (χ0v) is 9.48. The molecule has 1 aliphatic heterocycles. The summed E-state index contributed by atoms with van der Waals surface area (Å²) in [5, 5.41) is 8.95. The van der Waals surface area contributed by atoms with E-state index in [1.54, 1.807) is 6.07 Å². The van der Waals surface area contributed by atoms with Crippen LogP contribution in [0.4, 0.5) is 10.1 Å². The number of hydrogen-bond acceptors (Lipinski definition) is 3. The summed E-state index contributed by atoms with van der Waals surface area (Å²) >= 11 is 0. The molecule has 88 valence electrons. The predicted octanol–water partition coefficient (Wildman–Crippen LogP) is 1.79. The molecule has 0 aliphatic carbocycles. The molecule has 0 fully saturated rings. The number of ether oxygens (including phenoxy) is 1. The second-order valence-electron chi connectivity index (χ2n) is 4.13. The van der Waals surface area contributed by atoms with Gasteiger partial charge < -0.3 is 14.7 Å². The molecule has 1 heterocycles. The fraction of sp³-hybridized carbons (Fsp3) is 0.500. The second-order valence-corrected chi connectivity index (χ2v) is 4.13. The quantitative estimate of drug-likeness (QED) is 0.833. The standard InChI is InChI=1S/C12H16FNO2/c1-8-11(5-6-15)16-12-7-9(13)3-4-10(12)14(8)2/h3-4,7-8,11,15H,5-6H2,1-2H3. The number of aliphatic hydroxyl groups is 1. The van der Waals surface area contributed by atoms with Gasteiger partial charge in [0.15, 0.2) is 0 Å². The number of likely N-dealkylation sites (N-methyl/N-ethyl adjacent to an activating group) is 1. The van der Waals surface area contributed by atoms with Crippen molar-refractivity contribution in [2.24, 2.45) is 0 Å². The van der Waals surface area contributed by atoms with E-state index in [0.717, 1.165) is 5.69 Å². The summed E-state index contributed by atoms with van der Waals surface area (Å²) in [6, 6.07) is 4.71. The third-order valence-electron chi connectivity index (χ3n) is 3.14. The van der Waals surface area contributed by atoms with Gasteiger partial charge in [0.2, 0.25) is 0 Å². The number of benzene rings is 1. The van der Waals surface area contributed by atoms with Crippen LogP contribution in [-0.4, -0.2) is 30.9 Å². The molecule has 2 unspecified atom stereocenters. The van der Waals surface area contributed by atoms with E-state index in [9.17, 15) is 4.39 Å². The second kappa shape index (κ2) is 4.29. The van der Waals surface area contributed by atoms with Crippen molar-refractivity contribution in [3.05, 3.63) is 24.0 Å². The summed E-state index contributed by atoms with van der Waals surface area (Å²) in [4.78, 5) is 2.05. The molecular formula is C12H16FNO2. The third kappa shape index (κ3) is 1.85. The van der Waals surface area contributed by atoms with Crippen molar-refractivity contribution in [3.63, 3.8) is 0 Å². The molecule has 0 saturated carbocycles. The lowest BCUT2D eigenvalue weighted by Crippen LogP contribution is -2.46. The lowest BCUT2D eigenvalue weighted by molar-refractivity contribution is 0.123. The molecule has 1 aromatic rings. The molecule has 16 heavy (non-hydrogen) atoms. The van der Waals surface area contributed by atoms with Gasteiger partial charge in [-0.3, -0.25) is 0 Å². The van der Waals surface area contributed by atoms with E-state index < -0.39 is 0 Å². The first-order chi connectivity index (χ1) is 7.63. The van der Waals surface area contributed by atoms with Crippen LogP contribution < -0.4 is 9.64 Å². The number of fused-ring (bicyclic) bond motifs is 1. The van der Waals surface area contributed by atoms with Crippen LogP contribution in [0.15, 0.2) is 18.2 Å². The van der Waals surface area contributed by atoms with Gasteiger partial charge in [-0.1, -0.05) is 0 Å². The van der Waals surface area contributed by atoms with E-state index in [0.29, 0.717) is 12.2 Å². The Kier molecular flexibility index (Phi) is 3.01. The lowest BCUT2D eigenvalue weighted by atomic mass is 10.0. The average molecular weight is 225 g/mol. The molecule has 2 atom stereocenters. The number of hydrogen-bond donors (Lipinski definition) is 1. The fourth-order valence-electron chi connectivity index (χ4n) is 2.03. The van der Waals surface area contributed by atoms with Crippen molar-refractivity contribution >= 4 is 5.69 Å². The Labute approximate surface area is 94.4 Å². The van der Waals surface area contributed by atoms with E-state index in [-0.39, 0.29) is 24.6 Å². The van der Waals surface area contributed by atoms with Crippen molar-refractivity contribution in [1.82, 2.24) is 0 Å². The van der Waals surface area contributed by atoms with Crippen LogP contribution in [0.3, 0.4) is 0 Å². The fourth-order valence-corrected chi connectivity index (χ4v) is 2.03. The SMILES string of the molecule is CC1C(CCO)Oc2cc(F)ccc2N1C. The van der Waals surface area contributed by atoms with Crippen LogP contribution >= 0.6 is 0 Å². The van der Waals surface area contributed by atoms with E-state index in [1.807, 2.05) is 14.0 Å². The van der Waals surface area contributed by atoms with E-state index in [4.69, 9.17) is 9.84 Å². The number of rotatable bonds is 2. The maximum Gasteiger partial charge on any atom is 0.146 e. The van der Waals surface area contributed by atoms with Crippen LogP contribution in [0.25, 0.3) is 0 Å². The Hall–Kier alpha value is -1.29. The van der Waals surface area contributed by atoms with Crippen molar-refractivity contribution in [3.8, 4) is 5.75 Å². The highest BCUT2D eigenvalue weighted by atomic mass is 19.1. The van der Waals surface area contributed by atoms with E-state index in [2.05, 4.69) is 4.90 Å². The first-order valence-electron chi connectivity index (χ1n) is 5.43. The molecule has 1 N–H and O–H groups in total. The highest BCUT2D eigenvalue weighted by Gasteiger charge is 2.30. The smallest absolute Gasteiger partial charge is 0.146 e. The minimum atomic E-state index is -0.301. The molecule has 0 amide bonds. The molecule has 0 aromatic heterocycles. The highest BCUT2D eigenvalue weighted by molar-refractivity contribution is 5.60. The first kappa shape index (κ1) is 11.2. The van der Waals surface area contributed by atoms with Crippen molar-refractivity contribution in [2.45, 2.75) is 25.5 Å². The Morgan fingerprint density at radius 1 is 1.50 bits per heavy atom. The molecule has 0 radical (unpaired) electrons. The third-order valence-corrected chi connectivity index (χ3v) is 3.14. The number of nitrogens with zero attached hydrogens (tertiary/aromatic N) is 1. The largest absolute Gasteiger partial charge is 0.486 e. The maximum atomic E-state index is 13.1. The average Bonchev–Trinajstić information content (AvgIpc) is 2.25. The lowest BCUT2D eigenvalue weighted by Gasteiger charge is -2.39. The summed E-state index contributed by atoms with van der Waals surface area (Å²) in [5.74, 6) is 0.253. The van der Waals surface area contributed by atoms with Gasteiger partial charge >= 0.3 is 0 Å². The number of anilines is 1. The van der Waals surface area contributed by atoms with Gasteiger partial charge in [-0.15, -0.1) is 0 Å². The number of aliphatic hydroxyl groups excluding tert-OH is 1. The molecular weight excluding hydrogens is 209 g/mol. The minimum Gasteiger partial charge on any atom is -0.486 e. The highest BCUT2D eigenvalue weighted by Crippen LogP contribution is 2.36. The van der Waals surface area contributed by atoms with Crippen molar-refractivity contribution in [1.29, 1.82) is 0 Å². The monoisotopic (exact) mass is 225 g/mol. The number of halogens is 1. The molecule has 1 aliphatic rings. The summed E-state index contributed by atoms with van der Waals surface area (Å²) in [5.41, 5.74) is 0.892. The molecule has 4 heteroatoms. The van der Waals surface area contributed by atoms with Gasteiger partial charge in [0.05, 0.1) is 11.7 Å². The Morgan fingerprint density at radius 3 is 2.94 bits per heavy atom. The van der Waals surface area contributed by atoms with Gasteiger partial charge in [0.1, 0.15) is 17.7 Å². The van der Waals surface area contributed by atoms with Crippen LogP contribution in [0.5, 0.6) is 5.75 Å². The molecule has 0 saturated heterocycles. The molecule has 1 aromatic carbocycles. The van der Waals surface area contributed by atoms with Gasteiger partial charge in [0.25, 0.3) is 0 Å². The van der Waals surface area contributed by atoms with E-state index in [1.165, 1.54) is 12.1 Å². The van der Waals surface area contributed by atoms with Crippen LogP contribution in [0.1, 0.15) is 13.3 Å². The minimum absolute atomic E-state index is 0.0769. The summed E-state index contributed by atoms with van der Waals surface area (Å²) < 4.78 is 18.8. The normalized spacial score (nSPS) is 23.9. The predicted molar refractivity (Wildman–Crippen MR) is 60.4 cm³/mol. The summed E-state index contributed by atoms with van der Waals surface area (Å²) in [6.45, 7) is 2.11. The Bertz CT molecular complexity index is 383. The maximum absolute atomic E-state index is 13.1. The van der Waals surface area contributed by atoms with E-state index >= 15 is 0 Å². The molecule has 2 rings (SSSR count). The Balaban J connectivity index is 2.32. The van der Waals surface area contributed by atoms with Gasteiger partial charge in [0, 0.05) is 26.1 Å². The van der Waals surface area contributed by atoms with Gasteiger partial charge in [-0.05, 0) is 19.1 Å². The van der Waals surface area contributed by atoms with Gasteiger partial charge in [-0.25, -0.2) is 4.39 Å². The van der Waals surface area contributed by atoms with Crippen LogP contribution in [0.2, 0.25) is 0 Å². The topological polar surface area (TPSA) is 32.7 Å². The first-order valence-corrected chi connectivity index (χ1v) is 5.43. The summed E-state index contributed by atoms with van der Waals surface area (Å²) in [7, 11) is 1.95. The van der Waals surface area contributed by atoms with Crippen LogP contribution in [-0.2, 0) is 0 Å².